The third-order valence-electron chi connectivity index (χ3n) is 3.93. The number of para-hydroxylation sites is 1. The van der Waals surface area contributed by atoms with E-state index in [1.165, 1.54) is 0 Å². The topological polar surface area (TPSA) is 71.1 Å². The lowest BCUT2D eigenvalue weighted by atomic mass is 10.0. The monoisotopic (exact) mass is 294 g/mol. The number of carbonyl (C=O) groups excluding carboxylic acids is 1. The fourth-order valence-electron chi connectivity index (χ4n) is 2.66. The highest BCUT2D eigenvalue weighted by atomic mass is 16.2. The van der Waals surface area contributed by atoms with E-state index in [-0.39, 0.29) is 17.1 Å². The average molecular weight is 294 g/mol. The van der Waals surface area contributed by atoms with Gasteiger partial charge in [0.05, 0.1) is 11.3 Å². The standard InChI is InChI=1S/C17H18N4O/c1-3-20(4-2)9-10-21-15-8-6-5-7-14(15)16(17(21)22)13(11-18)12-19/h5-8H,3-4,9-10H2,1-2H3. The van der Waals surface area contributed by atoms with Crippen LogP contribution in [0.2, 0.25) is 0 Å². The molecule has 5 nitrogen and oxygen atoms in total. The largest absolute Gasteiger partial charge is 0.306 e. The van der Waals surface area contributed by atoms with Gasteiger partial charge in [0.1, 0.15) is 17.7 Å². The van der Waals surface area contributed by atoms with Gasteiger partial charge in [-0.3, -0.25) is 4.79 Å². The molecule has 5 heteroatoms. The molecule has 0 aromatic heterocycles. The Balaban J connectivity index is 2.39. The number of allylic oxidation sites excluding steroid dienone is 1. The second-order valence-electron chi connectivity index (χ2n) is 4.97. The Morgan fingerprint density at radius 3 is 2.41 bits per heavy atom. The highest BCUT2D eigenvalue weighted by Crippen LogP contribution is 2.37. The Labute approximate surface area is 130 Å². The summed E-state index contributed by atoms with van der Waals surface area (Å²) in [6.07, 6.45) is 0. The van der Waals surface area contributed by atoms with Crippen LogP contribution in [0.3, 0.4) is 0 Å². The van der Waals surface area contributed by atoms with Crippen molar-refractivity contribution < 1.29 is 4.79 Å². The molecular weight excluding hydrogens is 276 g/mol. The van der Waals surface area contributed by atoms with Crippen molar-refractivity contribution in [1.82, 2.24) is 4.90 Å². The van der Waals surface area contributed by atoms with Gasteiger partial charge in [-0.2, -0.15) is 10.5 Å². The Hall–Kier alpha value is -2.63. The average Bonchev–Trinajstić information content (AvgIpc) is 2.83. The van der Waals surface area contributed by atoms with Gasteiger partial charge in [0.2, 0.25) is 0 Å². The first-order chi connectivity index (χ1) is 10.7. The zero-order chi connectivity index (χ0) is 16.1. The van der Waals surface area contributed by atoms with E-state index in [0.29, 0.717) is 12.1 Å². The molecule has 1 aromatic rings. The summed E-state index contributed by atoms with van der Waals surface area (Å²) in [5.41, 5.74) is 1.55. The van der Waals surface area contributed by atoms with Crippen LogP contribution in [0.15, 0.2) is 29.8 Å². The maximum Gasteiger partial charge on any atom is 0.261 e. The smallest absolute Gasteiger partial charge is 0.261 e. The summed E-state index contributed by atoms with van der Waals surface area (Å²) < 4.78 is 0. The molecular formula is C17H18N4O. The molecule has 0 aliphatic carbocycles. The molecule has 0 fully saturated rings. The minimum Gasteiger partial charge on any atom is -0.306 e. The molecule has 0 bridgehead atoms. The van der Waals surface area contributed by atoms with Crippen LogP contribution in [-0.2, 0) is 4.79 Å². The van der Waals surface area contributed by atoms with E-state index >= 15 is 0 Å². The predicted molar refractivity (Wildman–Crippen MR) is 84.7 cm³/mol. The van der Waals surface area contributed by atoms with Crippen molar-refractivity contribution in [1.29, 1.82) is 10.5 Å². The summed E-state index contributed by atoms with van der Waals surface area (Å²) in [5.74, 6) is -0.258. The van der Waals surface area contributed by atoms with E-state index in [0.717, 1.165) is 25.3 Å². The normalized spacial score (nSPS) is 13.0. The zero-order valence-corrected chi connectivity index (χ0v) is 12.8. The molecule has 0 saturated carbocycles. The van der Waals surface area contributed by atoms with Crippen LogP contribution in [0.5, 0.6) is 0 Å². The van der Waals surface area contributed by atoms with Crippen LogP contribution < -0.4 is 4.90 Å². The van der Waals surface area contributed by atoms with Gasteiger partial charge in [0, 0.05) is 18.7 Å². The van der Waals surface area contributed by atoms with E-state index in [1.807, 2.05) is 30.3 Å². The fraction of sp³-hybridized carbons (Fsp3) is 0.353. The number of rotatable bonds is 5. The molecule has 22 heavy (non-hydrogen) atoms. The third-order valence-corrected chi connectivity index (χ3v) is 3.93. The molecule has 0 N–H and O–H groups in total. The van der Waals surface area contributed by atoms with Gasteiger partial charge in [-0.05, 0) is 19.2 Å². The summed E-state index contributed by atoms with van der Waals surface area (Å²) in [5, 5.41) is 18.2. The first-order valence-corrected chi connectivity index (χ1v) is 7.36. The van der Waals surface area contributed by atoms with Gasteiger partial charge in [-0.1, -0.05) is 32.0 Å². The first kappa shape index (κ1) is 15.8. The number of nitrogens with zero attached hydrogens (tertiary/aromatic N) is 4. The maximum atomic E-state index is 12.7. The Morgan fingerprint density at radius 2 is 1.82 bits per heavy atom. The van der Waals surface area contributed by atoms with Crippen molar-refractivity contribution in [3.63, 3.8) is 0 Å². The van der Waals surface area contributed by atoms with E-state index in [9.17, 15) is 4.79 Å². The van der Waals surface area contributed by atoms with Crippen molar-refractivity contribution >= 4 is 17.2 Å². The minimum atomic E-state index is -0.258. The molecule has 0 unspecified atom stereocenters. The second kappa shape index (κ2) is 6.89. The van der Waals surface area contributed by atoms with Gasteiger partial charge in [0.15, 0.2) is 0 Å². The quantitative estimate of drug-likeness (QED) is 0.616. The van der Waals surface area contributed by atoms with Crippen molar-refractivity contribution in [2.75, 3.05) is 31.1 Å². The number of fused-ring (bicyclic) bond motifs is 1. The Morgan fingerprint density at radius 1 is 1.18 bits per heavy atom. The summed E-state index contributed by atoms with van der Waals surface area (Å²) >= 11 is 0. The van der Waals surface area contributed by atoms with Crippen molar-refractivity contribution in [3.8, 4) is 12.1 Å². The molecule has 0 radical (unpaired) electrons. The molecule has 0 atom stereocenters. The van der Waals surface area contributed by atoms with Crippen LogP contribution in [-0.4, -0.2) is 37.0 Å². The molecule has 2 rings (SSSR count). The van der Waals surface area contributed by atoms with Crippen molar-refractivity contribution in [2.45, 2.75) is 13.8 Å². The van der Waals surface area contributed by atoms with Crippen LogP contribution in [0, 0.1) is 22.7 Å². The van der Waals surface area contributed by atoms with Gasteiger partial charge < -0.3 is 9.80 Å². The number of nitriles is 2. The number of carbonyl (C=O) groups is 1. The van der Waals surface area contributed by atoms with Crippen LogP contribution in [0.4, 0.5) is 5.69 Å². The van der Waals surface area contributed by atoms with E-state index in [1.54, 1.807) is 11.0 Å². The molecule has 1 aromatic carbocycles. The van der Waals surface area contributed by atoms with Crippen LogP contribution in [0.1, 0.15) is 19.4 Å². The van der Waals surface area contributed by atoms with Crippen LogP contribution >= 0.6 is 0 Å². The molecule has 0 saturated heterocycles. The number of anilines is 1. The first-order valence-electron chi connectivity index (χ1n) is 7.36. The number of hydrogen-bond acceptors (Lipinski definition) is 4. The molecule has 112 valence electrons. The second-order valence-corrected chi connectivity index (χ2v) is 4.97. The summed E-state index contributed by atoms with van der Waals surface area (Å²) in [6.45, 7) is 7.31. The SMILES string of the molecule is CCN(CC)CCN1C(=O)C(=C(C#N)C#N)c2ccccc21. The van der Waals surface area contributed by atoms with Crippen molar-refractivity contribution in [3.05, 3.63) is 35.4 Å². The number of benzene rings is 1. The lowest BCUT2D eigenvalue weighted by molar-refractivity contribution is -0.113. The predicted octanol–water partition coefficient (Wildman–Crippen LogP) is 2.18. The number of hydrogen-bond donors (Lipinski definition) is 0. The molecule has 1 amide bonds. The molecule has 0 spiro atoms. The highest BCUT2D eigenvalue weighted by Gasteiger charge is 2.34. The van der Waals surface area contributed by atoms with Gasteiger partial charge in [0.25, 0.3) is 5.91 Å². The lowest BCUT2D eigenvalue weighted by Gasteiger charge is -2.23. The zero-order valence-electron chi connectivity index (χ0n) is 12.8. The van der Waals surface area contributed by atoms with Gasteiger partial charge in [-0.15, -0.1) is 0 Å². The number of amides is 1. The summed E-state index contributed by atoms with van der Waals surface area (Å²) in [6, 6.07) is 11.0. The maximum absolute atomic E-state index is 12.7. The van der Waals surface area contributed by atoms with Crippen LogP contribution in [0.25, 0.3) is 5.57 Å². The van der Waals surface area contributed by atoms with E-state index in [2.05, 4.69) is 18.7 Å². The lowest BCUT2D eigenvalue weighted by Crippen LogP contribution is -2.36. The molecule has 1 aliphatic rings. The fourth-order valence-corrected chi connectivity index (χ4v) is 2.66. The third kappa shape index (κ3) is 2.72. The minimum absolute atomic E-state index is 0.122. The van der Waals surface area contributed by atoms with E-state index < -0.39 is 0 Å². The molecule has 1 aliphatic heterocycles. The Kier molecular flexibility index (Phi) is 4.93. The van der Waals surface area contributed by atoms with Crippen molar-refractivity contribution in [2.24, 2.45) is 0 Å². The number of likely N-dealkylation sites (N-methyl/N-ethyl adjacent to an activating group) is 1. The highest BCUT2D eigenvalue weighted by molar-refractivity contribution is 6.34. The van der Waals surface area contributed by atoms with Gasteiger partial charge in [-0.25, -0.2) is 0 Å². The Bertz CT molecular complexity index is 673. The molecule has 1 heterocycles. The van der Waals surface area contributed by atoms with E-state index in [4.69, 9.17) is 10.5 Å². The summed E-state index contributed by atoms with van der Waals surface area (Å²) in [7, 11) is 0. The summed E-state index contributed by atoms with van der Waals surface area (Å²) in [4.78, 5) is 16.6. The van der Waals surface area contributed by atoms with Gasteiger partial charge >= 0.3 is 0 Å².